The normalized spacial score (nSPS) is 11.5. The summed E-state index contributed by atoms with van der Waals surface area (Å²) in [5.74, 6) is 0. The highest BCUT2D eigenvalue weighted by Gasteiger charge is 2.14. The van der Waals surface area contributed by atoms with Gasteiger partial charge < -0.3 is 0 Å². The van der Waals surface area contributed by atoms with E-state index in [0.717, 1.165) is 9.79 Å². The largest absolute Gasteiger partial charge is 0.290 e. The molecule has 2 aromatic rings. The van der Waals surface area contributed by atoms with E-state index in [0.29, 0.717) is 6.67 Å². The number of hydrogen-bond donors (Lipinski definition) is 0. The third-order valence-electron chi connectivity index (χ3n) is 2.65. The smallest absolute Gasteiger partial charge is 0.105 e. The van der Waals surface area contributed by atoms with Gasteiger partial charge in [-0.05, 0) is 38.4 Å². The molecule has 0 bridgehead atoms. The summed E-state index contributed by atoms with van der Waals surface area (Å²) in [7, 11) is 1.27. The van der Waals surface area contributed by atoms with Gasteiger partial charge in [0.2, 0.25) is 0 Å². The third-order valence-corrected chi connectivity index (χ3v) is 4.95. The summed E-state index contributed by atoms with van der Waals surface area (Å²) >= 11 is 0. The Morgan fingerprint density at radius 2 is 1.32 bits per heavy atom. The zero-order valence-electron chi connectivity index (χ0n) is 11.2. The van der Waals surface area contributed by atoms with Crippen LogP contribution in [-0.2, 0) is 9.73 Å². The Balaban J connectivity index is 2.58. The predicted octanol–water partition coefficient (Wildman–Crippen LogP) is 3.09. The molecule has 0 aliphatic carbocycles. The minimum Gasteiger partial charge on any atom is -0.290 e. The van der Waals surface area contributed by atoms with Gasteiger partial charge in [-0.2, -0.15) is 0 Å². The van der Waals surface area contributed by atoms with Crippen LogP contribution in [0.2, 0.25) is 0 Å². The molecule has 0 atom stereocenters. The van der Waals surface area contributed by atoms with Crippen LogP contribution in [0.25, 0.3) is 0 Å². The van der Waals surface area contributed by atoms with Crippen molar-refractivity contribution in [2.45, 2.75) is 9.79 Å². The molecule has 0 aromatic heterocycles. The summed E-state index contributed by atoms with van der Waals surface area (Å²) in [6, 6.07) is 18.9. The molecule has 19 heavy (non-hydrogen) atoms. The van der Waals surface area contributed by atoms with Crippen LogP contribution in [0.3, 0.4) is 0 Å². The minimum atomic E-state index is -2.56. The topological polar surface area (TPSA) is 32.7 Å². The molecule has 0 N–H and O–H groups in total. The van der Waals surface area contributed by atoms with E-state index in [1.165, 1.54) is 0 Å². The fourth-order valence-corrected chi connectivity index (χ4v) is 3.71. The van der Waals surface area contributed by atoms with Crippen molar-refractivity contribution >= 4 is 9.73 Å². The molecule has 4 heteroatoms. The molecule has 0 amide bonds. The maximum atomic E-state index is 13.3. The minimum absolute atomic E-state index is 0.433. The zero-order valence-corrected chi connectivity index (χ0v) is 12.0. The van der Waals surface area contributed by atoms with Crippen LogP contribution in [-0.4, -0.2) is 29.9 Å². The van der Waals surface area contributed by atoms with E-state index in [1.807, 2.05) is 79.7 Å². The van der Waals surface area contributed by atoms with Crippen molar-refractivity contribution in [3.05, 3.63) is 60.7 Å². The van der Waals surface area contributed by atoms with Gasteiger partial charge in [-0.3, -0.25) is 4.90 Å². The van der Waals surface area contributed by atoms with Crippen LogP contribution >= 0.6 is 0 Å². The molecule has 0 heterocycles. The maximum Gasteiger partial charge on any atom is 0.105 e. The van der Waals surface area contributed by atoms with E-state index >= 15 is 0 Å². The molecular weight excluding hydrogens is 256 g/mol. The number of nitrogens with zero attached hydrogens (tertiary/aromatic N) is 2. The summed E-state index contributed by atoms with van der Waals surface area (Å²) in [6.07, 6.45) is 0. The molecule has 0 radical (unpaired) electrons. The predicted molar refractivity (Wildman–Crippen MR) is 78.5 cm³/mol. The molecule has 0 saturated carbocycles. The van der Waals surface area contributed by atoms with Gasteiger partial charge in [-0.1, -0.05) is 36.4 Å². The van der Waals surface area contributed by atoms with Gasteiger partial charge in [0.05, 0.1) is 9.79 Å². The zero-order chi connectivity index (χ0) is 13.7. The lowest BCUT2D eigenvalue weighted by Crippen LogP contribution is -2.14. The van der Waals surface area contributed by atoms with Gasteiger partial charge in [0.25, 0.3) is 0 Å². The lowest BCUT2D eigenvalue weighted by Gasteiger charge is -2.13. The lowest BCUT2D eigenvalue weighted by molar-refractivity contribution is 0.425. The van der Waals surface area contributed by atoms with Gasteiger partial charge >= 0.3 is 0 Å². The first-order valence-electron chi connectivity index (χ1n) is 6.11. The molecule has 0 fully saturated rings. The molecule has 0 aliphatic rings. The van der Waals surface area contributed by atoms with E-state index in [1.54, 1.807) is 0 Å². The first-order chi connectivity index (χ1) is 9.13. The molecule has 2 aromatic carbocycles. The number of benzene rings is 2. The maximum absolute atomic E-state index is 13.3. The van der Waals surface area contributed by atoms with Crippen LogP contribution in [0.15, 0.2) is 74.8 Å². The van der Waals surface area contributed by atoms with Crippen LogP contribution in [0.4, 0.5) is 0 Å². The summed E-state index contributed by atoms with van der Waals surface area (Å²) in [5.41, 5.74) is 0. The fraction of sp³-hybridized carbons (Fsp3) is 0.200. The van der Waals surface area contributed by atoms with E-state index in [2.05, 4.69) is 4.36 Å². The molecule has 3 nitrogen and oxygen atoms in total. The Hall–Kier alpha value is -1.65. The molecule has 0 saturated heterocycles. The van der Waals surface area contributed by atoms with Crippen LogP contribution in [0.5, 0.6) is 0 Å². The van der Waals surface area contributed by atoms with Crippen molar-refractivity contribution in [2.75, 3.05) is 20.8 Å². The number of hydrogen-bond acceptors (Lipinski definition) is 3. The quantitative estimate of drug-likeness (QED) is 0.858. The first kappa shape index (κ1) is 13.8. The van der Waals surface area contributed by atoms with Gasteiger partial charge in [0.1, 0.15) is 16.4 Å². The summed E-state index contributed by atoms with van der Waals surface area (Å²) in [4.78, 5) is 3.41. The molecule has 0 aliphatic heterocycles. The Bertz CT molecular complexity index is 584. The highest BCUT2D eigenvalue weighted by Crippen LogP contribution is 2.23. The van der Waals surface area contributed by atoms with Crippen molar-refractivity contribution in [1.29, 1.82) is 0 Å². The SMILES string of the molecule is CN(C)CN=S(=O)(c1ccccc1)c1ccccc1. The van der Waals surface area contributed by atoms with Crippen molar-refractivity contribution in [2.24, 2.45) is 4.36 Å². The van der Waals surface area contributed by atoms with Gasteiger partial charge in [-0.15, -0.1) is 0 Å². The Kier molecular flexibility index (Phi) is 4.35. The second kappa shape index (κ2) is 5.99. The molecule has 0 spiro atoms. The van der Waals surface area contributed by atoms with Crippen LogP contribution in [0, 0.1) is 0 Å². The molecule has 2 rings (SSSR count). The van der Waals surface area contributed by atoms with Gasteiger partial charge in [0.15, 0.2) is 0 Å². The van der Waals surface area contributed by atoms with Crippen molar-refractivity contribution in [3.63, 3.8) is 0 Å². The van der Waals surface area contributed by atoms with Gasteiger partial charge in [0, 0.05) is 0 Å². The molecule has 0 unspecified atom stereocenters. The summed E-state index contributed by atoms with van der Waals surface area (Å²) in [5, 5.41) is 0. The van der Waals surface area contributed by atoms with Crippen molar-refractivity contribution in [1.82, 2.24) is 4.90 Å². The second-order valence-corrected chi connectivity index (χ2v) is 6.75. The first-order valence-corrected chi connectivity index (χ1v) is 7.62. The Labute approximate surface area is 115 Å². The monoisotopic (exact) mass is 274 g/mol. The van der Waals surface area contributed by atoms with E-state index in [4.69, 9.17) is 0 Å². The van der Waals surface area contributed by atoms with Crippen molar-refractivity contribution in [3.8, 4) is 0 Å². The number of rotatable bonds is 4. The van der Waals surface area contributed by atoms with Crippen LogP contribution in [0.1, 0.15) is 0 Å². The summed E-state index contributed by atoms with van der Waals surface area (Å²) in [6.45, 7) is 0.433. The molecular formula is C15H18N2OS. The standard InChI is InChI=1S/C15H18N2OS/c1-17(2)13-16-19(18,14-9-5-3-6-10-14)15-11-7-4-8-12-15/h3-12H,13H2,1-2H3. The second-order valence-electron chi connectivity index (χ2n) is 4.50. The van der Waals surface area contributed by atoms with E-state index < -0.39 is 9.73 Å². The molecule has 100 valence electrons. The lowest BCUT2D eigenvalue weighted by atomic mass is 10.4. The highest BCUT2D eigenvalue weighted by atomic mass is 32.2. The van der Waals surface area contributed by atoms with E-state index in [9.17, 15) is 4.21 Å². The Morgan fingerprint density at radius 1 is 0.895 bits per heavy atom. The summed E-state index contributed by atoms with van der Waals surface area (Å²) < 4.78 is 17.7. The average molecular weight is 274 g/mol. The average Bonchev–Trinajstić information content (AvgIpc) is 2.46. The Morgan fingerprint density at radius 3 is 1.68 bits per heavy atom. The van der Waals surface area contributed by atoms with E-state index in [-0.39, 0.29) is 0 Å². The third kappa shape index (κ3) is 3.22. The highest BCUT2D eigenvalue weighted by molar-refractivity contribution is 7.93. The fourth-order valence-electron chi connectivity index (χ4n) is 1.69. The van der Waals surface area contributed by atoms with Crippen molar-refractivity contribution < 1.29 is 4.21 Å². The van der Waals surface area contributed by atoms with Gasteiger partial charge in [-0.25, -0.2) is 8.57 Å². The van der Waals surface area contributed by atoms with Crippen LogP contribution < -0.4 is 0 Å².